The lowest BCUT2D eigenvalue weighted by molar-refractivity contribution is 0.480. The van der Waals surface area contributed by atoms with Crippen molar-refractivity contribution in [2.24, 2.45) is 0 Å². The average Bonchev–Trinajstić information content (AvgIpc) is 2.77. The largest absolute Gasteiger partial charge is 0.244 e. The highest BCUT2D eigenvalue weighted by molar-refractivity contribution is 9.10. The summed E-state index contributed by atoms with van der Waals surface area (Å²) in [6, 6.07) is 5.73. The maximum atomic E-state index is 13.7. The van der Waals surface area contributed by atoms with Gasteiger partial charge in [0.2, 0.25) is 10.0 Å². The Balaban J connectivity index is 2.35. The molecule has 1 N–H and O–H groups in total. The normalized spacial score (nSPS) is 18.2. The number of nitrogens with zero attached hydrogens (tertiary/aromatic N) is 1. The van der Waals surface area contributed by atoms with Crippen molar-refractivity contribution in [1.29, 1.82) is 5.26 Å². The van der Waals surface area contributed by atoms with Gasteiger partial charge in [-0.1, -0.05) is 28.8 Å². The quantitative estimate of drug-likeness (QED) is 0.914. The molecule has 1 aromatic rings. The van der Waals surface area contributed by atoms with Crippen LogP contribution < -0.4 is 4.72 Å². The van der Waals surface area contributed by atoms with Crippen molar-refractivity contribution < 1.29 is 12.8 Å². The minimum atomic E-state index is -4.03. The third-order valence-electron chi connectivity index (χ3n) is 3.18. The van der Waals surface area contributed by atoms with E-state index >= 15 is 0 Å². The molecule has 0 heterocycles. The van der Waals surface area contributed by atoms with Crippen LogP contribution in [0.2, 0.25) is 0 Å². The van der Waals surface area contributed by atoms with Gasteiger partial charge >= 0.3 is 0 Å². The van der Waals surface area contributed by atoms with Gasteiger partial charge in [-0.15, -0.1) is 0 Å². The van der Waals surface area contributed by atoms with Crippen LogP contribution in [0.15, 0.2) is 27.6 Å². The van der Waals surface area contributed by atoms with Crippen LogP contribution in [-0.2, 0) is 10.0 Å². The SMILES string of the molecule is N#CC1(NS(=O)(=O)c2ccc(Br)cc2F)CCCC1. The second-order valence-electron chi connectivity index (χ2n) is 4.58. The average molecular weight is 347 g/mol. The van der Waals surface area contributed by atoms with Gasteiger partial charge in [0, 0.05) is 4.47 Å². The fourth-order valence-corrected chi connectivity index (χ4v) is 3.99. The second kappa shape index (κ2) is 5.19. The fourth-order valence-electron chi connectivity index (χ4n) is 2.22. The van der Waals surface area contributed by atoms with E-state index in [1.165, 1.54) is 12.1 Å². The second-order valence-corrected chi connectivity index (χ2v) is 7.15. The maximum absolute atomic E-state index is 13.7. The Kier molecular flexibility index (Phi) is 3.95. The molecule has 1 aromatic carbocycles. The Morgan fingerprint density at radius 2 is 2.00 bits per heavy atom. The van der Waals surface area contributed by atoms with E-state index in [9.17, 15) is 12.8 Å². The van der Waals surface area contributed by atoms with E-state index in [0.29, 0.717) is 17.3 Å². The van der Waals surface area contributed by atoms with Crippen LogP contribution >= 0.6 is 15.9 Å². The maximum Gasteiger partial charge on any atom is 0.244 e. The molecule has 0 aliphatic heterocycles. The number of rotatable bonds is 3. The Labute approximate surface area is 119 Å². The number of nitriles is 1. The van der Waals surface area contributed by atoms with Crippen molar-refractivity contribution in [3.8, 4) is 6.07 Å². The van der Waals surface area contributed by atoms with E-state index in [1.54, 1.807) is 0 Å². The van der Waals surface area contributed by atoms with Crippen molar-refractivity contribution in [2.75, 3.05) is 0 Å². The summed E-state index contributed by atoms with van der Waals surface area (Å²) in [6.07, 6.45) is 2.50. The predicted octanol–water partition coefficient (Wildman–Crippen LogP) is 2.70. The lowest BCUT2D eigenvalue weighted by Gasteiger charge is -2.21. The van der Waals surface area contributed by atoms with Crippen LogP contribution in [0.4, 0.5) is 4.39 Å². The fraction of sp³-hybridized carbons (Fsp3) is 0.417. The molecule has 0 radical (unpaired) electrons. The molecule has 7 heteroatoms. The third kappa shape index (κ3) is 2.96. The zero-order chi connectivity index (χ0) is 14.1. The Hall–Kier alpha value is -0.970. The zero-order valence-corrected chi connectivity index (χ0v) is 12.4. The zero-order valence-electron chi connectivity index (χ0n) is 9.99. The lowest BCUT2D eigenvalue weighted by Crippen LogP contribution is -2.45. The molecule has 1 aliphatic carbocycles. The standard InChI is InChI=1S/C12H12BrFN2O2S/c13-9-3-4-11(10(14)7-9)19(17,18)16-12(8-15)5-1-2-6-12/h3-4,7,16H,1-2,5-6H2. The molecule has 4 nitrogen and oxygen atoms in total. The topological polar surface area (TPSA) is 70.0 Å². The number of halogens is 2. The summed E-state index contributed by atoms with van der Waals surface area (Å²) in [6.45, 7) is 0. The smallest absolute Gasteiger partial charge is 0.207 e. The highest BCUT2D eigenvalue weighted by Gasteiger charge is 2.38. The summed E-state index contributed by atoms with van der Waals surface area (Å²) in [5, 5.41) is 9.16. The highest BCUT2D eigenvalue weighted by atomic mass is 79.9. The molecule has 0 bridgehead atoms. The van der Waals surface area contributed by atoms with Crippen molar-refractivity contribution in [2.45, 2.75) is 36.1 Å². The molecular weight excluding hydrogens is 335 g/mol. The van der Waals surface area contributed by atoms with Gasteiger partial charge in [-0.05, 0) is 31.0 Å². The molecule has 1 fully saturated rings. The van der Waals surface area contributed by atoms with Gasteiger partial charge in [-0.25, -0.2) is 12.8 Å². The van der Waals surface area contributed by atoms with E-state index in [4.69, 9.17) is 5.26 Å². The van der Waals surface area contributed by atoms with Gasteiger partial charge in [0.25, 0.3) is 0 Å². The third-order valence-corrected chi connectivity index (χ3v) is 5.25. The number of hydrogen-bond donors (Lipinski definition) is 1. The first-order valence-electron chi connectivity index (χ1n) is 5.79. The lowest BCUT2D eigenvalue weighted by atomic mass is 10.0. The molecule has 0 amide bonds. The highest BCUT2D eigenvalue weighted by Crippen LogP contribution is 2.31. The van der Waals surface area contributed by atoms with Crippen LogP contribution in [0.1, 0.15) is 25.7 Å². The molecule has 102 valence electrons. The van der Waals surface area contributed by atoms with Crippen LogP contribution in [-0.4, -0.2) is 14.0 Å². The summed E-state index contributed by atoms with van der Waals surface area (Å²) in [4.78, 5) is -0.433. The Morgan fingerprint density at radius 3 is 2.53 bits per heavy atom. The van der Waals surface area contributed by atoms with Gasteiger partial charge in [-0.3, -0.25) is 0 Å². The molecule has 1 saturated carbocycles. The van der Waals surface area contributed by atoms with Gasteiger partial charge in [0.1, 0.15) is 16.3 Å². The Morgan fingerprint density at radius 1 is 1.37 bits per heavy atom. The molecule has 2 rings (SSSR count). The van der Waals surface area contributed by atoms with E-state index < -0.39 is 26.3 Å². The van der Waals surface area contributed by atoms with Crippen molar-refractivity contribution >= 4 is 26.0 Å². The molecule has 0 saturated heterocycles. The van der Waals surface area contributed by atoms with E-state index in [0.717, 1.165) is 18.9 Å². The summed E-state index contributed by atoms with van der Waals surface area (Å²) in [5.41, 5.74) is -1.10. The van der Waals surface area contributed by atoms with Crippen LogP contribution in [0.25, 0.3) is 0 Å². The predicted molar refractivity (Wildman–Crippen MR) is 71.2 cm³/mol. The molecule has 0 aromatic heterocycles. The summed E-state index contributed by atoms with van der Waals surface area (Å²) >= 11 is 3.07. The van der Waals surface area contributed by atoms with E-state index in [2.05, 4.69) is 20.7 Å². The Bertz CT molecular complexity index is 634. The van der Waals surface area contributed by atoms with Crippen LogP contribution in [0, 0.1) is 17.1 Å². The number of sulfonamides is 1. The molecule has 1 aliphatic rings. The number of benzene rings is 1. The van der Waals surface area contributed by atoms with Gasteiger partial charge in [-0.2, -0.15) is 9.98 Å². The molecule has 19 heavy (non-hydrogen) atoms. The number of nitrogens with one attached hydrogen (secondary N) is 1. The van der Waals surface area contributed by atoms with Gasteiger partial charge in [0.15, 0.2) is 0 Å². The van der Waals surface area contributed by atoms with E-state index in [1.807, 2.05) is 6.07 Å². The van der Waals surface area contributed by atoms with Gasteiger partial charge in [0.05, 0.1) is 6.07 Å². The first-order valence-corrected chi connectivity index (χ1v) is 8.06. The van der Waals surface area contributed by atoms with E-state index in [-0.39, 0.29) is 0 Å². The molecule has 0 spiro atoms. The summed E-state index contributed by atoms with van der Waals surface area (Å²) in [5.74, 6) is -0.840. The summed E-state index contributed by atoms with van der Waals surface area (Å²) < 4.78 is 40.9. The molecule has 0 unspecified atom stereocenters. The monoisotopic (exact) mass is 346 g/mol. The van der Waals surface area contributed by atoms with Gasteiger partial charge < -0.3 is 0 Å². The molecular formula is C12H12BrFN2O2S. The summed E-state index contributed by atoms with van der Waals surface area (Å²) in [7, 11) is -4.03. The number of hydrogen-bond acceptors (Lipinski definition) is 3. The minimum absolute atomic E-state index is 0.433. The van der Waals surface area contributed by atoms with Crippen molar-refractivity contribution in [3.05, 3.63) is 28.5 Å². The first kappa shape index (κ1) is 14.4. The van der Waals surface area contributed by atoms with Crippen molar-refractivity contribution in [3.63, 3.8) is 0 Å². The van der Waals surface area contributed by atoms with Crippen LogP contribution in [0.3, 0.4) is 0 Å². The minimum Gasteiger partial charge on any atom is -0.207 e. The van der Waals surface area contributed by atoms with Crippen molar-refractivity contribution in [1.82, 2.24) is 4.72 Å². The molecule has 0 atom stereocenters. The first-order chi connectivity index (χ1) is 8.88. The van der Waals surface area contributed by atoms with Crippen LogP contribution in [0.5, 0.6) is 0 Å².